The lowest BCUT2D eigenvalue weighted by molar-refractivity contribution is 0.668. The van der Waals surface area contributed by atoms with Crippen LogP contribution in [0.2, 0.25) is 0 Å². The summed E-state index contributed by atoms with van der Waals surface area (Å²) in [6.07, 6.45) is 3.54. The zero-order valence-corrected chi connectivity index (χ0v) is 12.0. The molecule has 0 atom stereocenters. The minimum Gasteiger partial charge on any atom is -0.329 e. The fraction of sp³-hybridized carbons (Fsp3) is 0.182. The highest BCUT2D eigenvalue weighted by atomic mass is 79.9. The van der Waals surface area contributed by atoms with Gasteiger partial charge in [0.25, 0.3) is 0 Å². The Hall–Kier alpha value is -1.47. The lowest BCUT2D eigenvalue weighted by Gasteiger charge is -2.04. The van der Waals surface area contributed by atoms with E-state index >= 15 is 0 Å². The van der Waals surface area contributed by atoms with Crippen molar-refractivity contribution in [2.24, 2.45) is 7.05 Å². The van der Waals surface area contributed by atoms with Crippen LogP contribution < -0.4 is 0 Å². The van der Waals surface area contributed by atoms with Gasteiger partial charge in [-0.1, -0.05) is 0 Å². The second kappa shape index (κ2) is 4.33. The smallest absolute Gasteiger partial charge is 0.179 e. The second-order valence-corrected chi connectivity index (χ2v) is 5.29. The molecule has 0 aromatic carbocycles. The highest BCUT2D eigenvalue weighted by Crippen LogP contribution is 2.17. The average Bonchev–Trinajstić information content (AvgIpc) is 2.85. The molecule has 0 aliphatic heterocycles. The second-order valence-electron chi connectivity index (χ2n) is 3.99. The number of fused-ring (bicyclic) bond motifs is 1. The fourth-order valence-electron chi connectivity index (χ4n) is 1.88. The van der Waals surface area contributed by atoms with E-state index in [0.717, 1.165) is 21.3 Å². The van der Waals surface area contributed by atoms with Crippen molar-refractivity contribution in [2.45, 2.75) is 6.54 Å². The lowest BCUT2D eigenvalue weighted by Crippen LogP contribution is -2.06. The number of aromatic nitrogens is 5. The van der Waals surface area contributed by atoms with Gasteiger partial charge in [-0.3, -0.25) is 9.25 Å². The molecule has 3 heterocycles. The number of hydrogen-bond donors (Lipinski definition) is 1. The summed E-state index contributed by atoms with van der Waals surface area (Å²) in [5, 5.41) is 4.15. The first kappa shape index (κ1) is 11.6. The van der Waals surface area contributed by atoms with E-state index < -0.39 is 0 Å². The Balaban J connectivity index is 2.15. The van der Waals surface area contributed by atoms with E-state index in [4.69, 9.17) is 12.2 Å². The Morgan fingerprint density at radius 3 is 3.06 bits per heavy atom. The molecule has 0 saturated carbocycles. The molecule has 1 N–H and O–H groups in total. The van der Waals surface area contributed by atoms with Crippen molar-refractivity contribution in [3.05, 3.63) is 39.5 Å². The van der Waals surface area contributed by atoms with Crippen molar-refractivity contribution >= 4 is 39.3 Å². The topological polar surface area (TPSA) is 51.4 Å². The van der Waals surface area contributed by atoms with E-state index in [2.05, 4.69) is 31.0 Å². The number of H-pyrrole nitrogens is 1. The van der Waals surface area contributed by atoms with Gasteiger partial charge in [-0.25, -0.2) is 4.98 Å². The SMILES string of the molecule is Cn1nccc1Cn1c(=S)[nH]c2cc(Br)cnc21. The van der Waals surface area contributed by atoms with Gasteiger partial charge in [-0.15, -0.1) is 0 Å². The van der Waals surface area contributed by atoms with Crippen LogP contribution in [0.15, 0.2) is 29.0 Å². The summed E-state index contributed by atoms with van der Waals surface area (Å²) in [5.74, 6) is 0. The first-order chi connectivity index (χ1) is 8.65. The Morgan fingerprint density at radius 1 is 1.50 bits per heavy atom. The normalized spacial score (nSPS) is 11.2. The van der Waals surface area contributed by atoms with E-state index in [1.54, 1.807) is 12.4 Å². The van der Waals surface area contributed by atoms with Crippen LogP contribution in [0.5, 0.6) is 0 Å². The molecule has 0 radical (unpaired) electrons. The van der Waals surface area contributed by atoms with Crippen LogP contribution in [0.1, 0.15) is 5.69 Å². The van der Waals surface area contributed by atoms with Crippen molar-refractivity contribution in [1.82, 2.24) is 24.3 Å². The summed E-state index contributed by atoms with van der Waals surface area (Å²) in [6, 6.07) is 3.94. The number of pyridine rings is 1. The largest absolute Gasteiger partial charge is 0.329 e. The Bertz CT molecular complexity index is 769. The van der Waals surface area contributed by atoms with Gasteiger partial charge in [-0.05, 0) is 40.3 Å². The first-order valence-corrected chi connectivity index (χ1v) is 6.56. The molecule has 0 aliphatic carbocycles. The molecule has 0 amide bonds. The maximum Gasteiger partial charge on any atom is 0.179 e. The summed E-state index contributed by atoms with van der Waals surface area (Å²) < 4.78 is 5.39. The zero-order chi connectivity index (χ0) is 12.7. The molecule has 18 heavy (non-hydrogen) atoms. The molecule has 3 aromatic rings. The van der Waals surface area contributed by atoms with Crippen molar-refractivity contribution in [3.63, 3.8) is 0 Å². The summed E-state index contributed by atoms with van der Waals surface area (Å²) in [7, 11) is 1.91. The number of hydrogen-bond acceptors (Lipinski definition) is 3. The number of nitrogens with zero attached hydrogens (tertiary/aromatic N) is 4. The quantitative estimate of drug-likeness (QED) is 0.737. The summed E-state index contributed by atoms with van der Waals surface area (Å²) >= 11 is 8.73. The molecular formula is C11H10BrN5S. The minimum atomic E-state index is 0.657. The first-order valence-electron chi connectivity index (χ1n) is 5.36. The molecule has 3 aromatic heterocycles. The van der Waals surface area contributed by atoms with Crippen LogP contribution in [-0.2, 0) is 13.6 Å². The third kappa shape index (κ3) is 1.89. The molecule has 7 heteroatoms. The molecule has 3 rings (SSSR count). The fourth-order valence-corrected chi connectivity index (χ4v) is 2.48. The van der Waals surface area contributed by atoms with Crippen molar-refractivity contribution < 1.29 is 0 Å². The Morgan fingerprint density at radius 2 is 2.33 bits per heavy atom. The van der Waals surface area contributed by atoms with Gasteiger partial charge >= 0.3 is 0 Å². The third-order valence-electron chi connectivity index (χ3n) is 2.82. The predicted octanol–water partition coefficient (Wildman–Crippen LogP) is 2.64. The van der Waals surface area contributed by atoms with Gasteiger partial charge in [0.1, 0.15) is 0 Å². The molecule has 5 nitrogen and oxygen atoms in total. The number of aryl methyl sites for hydroxylation is 1. The number of halogens is 1. The summed E-state index contributed by atoms with van der Waals surface area (Å²) in [5.41, 5.74) is 2.86. The molecule has 92 valence electrons. The Kier molecular flexibility index (Phi) is 2.79. The molecule has 0 aliphatic rings. The lowest BCUT2D eigenvalue weighted by atomic mass is 10.4. The van der Waals surface area contributed by atoms with E-state index in [9.17, 15) is 0 Å². The third-order valence-corrected chi connectivity index (χ3v) is 3.57. The van der Waals surface area contributed by atoms with E-state index in [0.29, 0.717) is 11.3 Å². The predicted molar refractivity (Wildman–Crippen MR) is 74.9 cm³/mol. The maximum atomic E-state index is 5.34. The maximum absolute atomic E-state index is 5.34. The number of aromatic amines is 1. The van der Waals surface area contributed by atoms with Gasteiger partial charge in [0.15, 0.2) is 10.4 Å². The van der Waals surface area contributed by atoms with Crippen molar-refractivity contribution in [3.8, 4) is 0 Å². The molecule has 0 spiro atoms. The number of nitrogens with one attached hydrogen (secondary N) is 1. The van der Waals surface area contributed by atoms with E-state index in [1.165, 1.54) is 0 Å². The van der Waals surface area contributed by atoms with Crippen LogP contribution >= 0.6 is 28.1 Å². The van der Waals surface area contributed by atoms with E-state index in [1.807, 2.05) is 28.4 Å². The van der Waals surface area contributed by atoms with Gasteiger partial charge < -0.3 is 4.98 Å². The van der Waals surface area contributed by atoms with Crippen LogP contribution in [0.3, 0.4) is 0 Å². The molecule has 0 unspecified atom stereocenters. The number of rotatable bonds is 2. The van der Waals surface area contributed by atoms with E-state index in [-0.39, 0.29) is 0 Å². The number of imidazole rings is 1. The van der Waals surface area contributed by atoms with Crippen molar-refractivity contribution in [1.29, 1.82) is 0 Å². The summed E-state index contributed by atoms with van der Waals surface area (Å²) in [6.45, 7) is 0.657. The van der Waals surface area contributed by atoms with Gasteiger partial charge in [-0.2, -0.15) is 5.10 Å². The van der Waals surface area contributed by atoms with Gasteiger partial charge in [0, 0.05) is 23.9 Å². The highest BCUT2D eigenvalue weighted by molar-refractivity contribution is 9.10. The zero-order valence-electron chi connectivity index (χ0n) is 9.59. The van der Waals surface area contributed by atoms with Gasteiger partial charge in [0.05, 0.1) is 17.8 Å². The Labute approximate surface area is 117 Å². The van der Waals surface area contributed by atoms with Crippen LogP contribution in [0, 0.1) is 4.77 Å². The molecule has 0 bridgehead atoms. The average molecular weight is 324 g/mol. The van der Waals surface area contributed by atoms with Crippen LogP contribution in [-0.4, -0.2) is 24.3 Å². The summed E-state index contributed by atoms with van der Waals surface area (Å²) in [4.78, 5) is 7.56. The molecule has 0 fully saturated rings. The minimum absolute atomic E-state index is 0.657. The molecular weight excluding hydrogens is 314 g/mol. The molecule has 0 saturated heterocycles. The van der Waals surface area contributed by atoms with Crippen LogP contribution in [0.25, 0.3) is 11.2 Å². The standard InChI is InChI=1S/C11H10BrN5S/c1-16-8(2-3-14-16)6-17-10-9(15-11(17)18)4-7(12)5-13-10/h2-5H,6H2,1H3,(H,15,18). The van der Waals surface area contributed by atoms with Crippen LogP contribution in [0.4, 0.5) is 0 Å². The van der Waals surface area contributed by atoms with Crippen molar-refractivity contribution in [2.75, 3.05) is 0 Å². The van der Waals surface area contributed by atoms with Gasteiger partial charge in [0.2, 0.25) is 0 Å². The highest BCUT2D eigenvalue weighted by Gasteiger charge is 2.08. The monoisotopic (exact) mass is 323 g/mol.